The standard InChI is InChI=1S/Mn.4H2O.O/h;4*1H2;/q+2;;;;;-2. The van der Waals surface area contributed by atoms with Crippen LogP contribution in [0.2, 0.25) is 0 Å². The Bertz CT molecular complexity index is 3.90. The van der Waals surface area contributed by atoms with Gasteiger partial charge in [-0.3, -0.25) is 0 Å². The molecule has 0 saturated heterocycles. The summed E-state index contributed by atoms with van der Waals surface area (Å²) in [6.45, 7) is 0. The Morgan fingerprint density at radius 2 is 0.500 bits per heavy atom. The first kappa shape index (κ1) is 1750. The molecule has 0 aromatic heterocycles. The van der Waals surface area contributed by atoms with Crippen LogP contribution in [0, 0.1) is 0 Å². The molecule has 0 unspecified atom stereocenters. The molecule has 0 fully saturated rings. The largest absolute Gasteiger partial charge is 2.00 e. The van der Waals surface area contributed by atoms with Crippen molar-refractivity contribution in [2.45, 2.75) is 0 Å². The Labute approximate surface area is 45.4 Å². The fraction of sp³-hybridized carbons (Fsp3) is 0. The molecule has 0 spiro atoms. The molecule has 0 aromatic carbocycles. The van der Waals surface area contributed by atoms with Gasteiger partial charge >= 0.3 is 17.1 Å². The molecule has 0 bridgehead atoms. The Morgan fingerprint density at radius 1 is 0.500 bits per heavy atom. The summed E-state index contributed by atoms with van der Waals surface area (Å²) in [5.41, 5.74) is 0. The average Bonchev–Trinajstić information content (AvgIpc) is 0. The van der Waals surface area contributed by atoms with Gasteiger partial charge in [0.2, 0.25) is 0 Å². The first-order chi connectivity index (χ1) is 0. The van der Waals surface area contributed by atoms with Gasteiger partial charge in [-0.2, -0.15) is 0 Å². The van der Waals surface area contributed by atoms with Crippen LogP contribution in [0.15, 0.2) is 0 Å². The Hall–Kier alpha value is 0.319. The van der Waals surface area contributed by atoms with Crippen LogP contribution >= 0.6 is 0 Å². The van der Waals surface area contributed by atoms with Gasteiger partial charge in [-0.05, 0) is 0 Å². The summed E-state index contributed by atoms with van der Waals surface area (Å²) in [5, 5.41) is 0. The van der Waals surface area contributed by atoms with Gasteiger partial charge in [0.15, 0.2) is 0 Å². The van der Waals surface area contributed by atoms with Crippen molar-refractivity contribution < 1.29 is 44.4 Å². The quantitative estimate of drug-likeness (QED) is 0.309. The van der Waals surface area contributed by atoms with Crippen molar-refractivity contribution in [2.24, 2.45) is 0 Å². The Kier molecular flexibility index (Phi) is 284000. The van der Waals surface area contributed by atoms with Crippen LogP contribution in [-0.2, 0) is 22.5 Å². The predicted octanol–water partition coefficient (Wildman–Crippen LogP) is -3.42. The molecule has 0 rings (SSSR count). The van der Waals surface area contributed by atoms with Gasteiger partial charge in [0.25, 0.3) is 0 Å². The normalized spacial score (nSPS) is 0. The molecule has 0 saturated carbocycles. The zero-order chi connectivity index (χ0) is 0. The topological polar surface area (TPSA) is 154 Å². The van der Waals surface area contributed by atoms with Crippen LogP contribution in [-0.4, -0.2) is 21.9 Å². The SMILES string of the molecule is O.O.O.O.[Mn+2].[O-2]. The summed E-state index contributed by atoms with van der Waals surface area (Å²) in [4.78, 5) is 0. The third kappa shape index (κ3) is 466. The zero-order valence-electron chi connectivity index (χ0n) is 2.79. The van der Waals surface area contributed by atoms with Crippen LogP contribution in [0.3, 0.4) is 0 Å². The average molecular weight is 143 g/mol. The molecule has 0 aliphatic heterocycles. The zero-order valence-corrected chi connectivity index (χ0v) is 3.97. The van der Waals surface area contributed by atoms with Crippen LogP contribution in [0.5, 0.6) is 0 Å². The molecule has 6 heteroatoms. The van der Waals surface area contributed by atoms with Crippen LogP contribution < -0.4 is 0 Å². The van der Waals surface area contributed by atoms with Crippen molar-refractivity contribution in [3.05, 3.63) is 0 Å². The molecule has 0 aromatic rings. The summed E-state index contributed by atoms with van der Waals surface area (Å²) in [7, 11) is 0. The third-order valence-electron chi connectivity index (χ3n) is 0. The number of rotatable bonds is 0. The van der Waals surface area contributed by atoms with E-state index in [0.29, 0.717) is 0 Å². The van der Waals surface area contributed by atoms with E-state index in [1.807, 2.05) is 0 Å². The molecule has 0 heterocycles. The van der Waals surface area contributed by atoms with Crippen molar-refractivity contribution in [3.63, 3.8) is 0 Å². The molecular formula is H8MnO5. The Balaban J connectivity index is 0. The van der Waals surface area contributed by atoms with E-state index in [1.54, 1.807) is 0 Å². The number of hydrogen-bond acceptors (Lipinski definition) is 0. The first-order valence-electron chi connectivity index (χ1n) is 0. The maximum absolute atomic E-state index is 0. The molecule has 0 aliphatic carbocycles. The molecule has 45 valence electrons. The first-order valence-corrected chi connectivity index (χ1v) is 0. The van der Waals surface area contributed by atoms with Crippen molar-refractivity contribution in [1.29, 1.82) is 0 Å². The van der Waals surface area contributed by atoms with E-state index in [2.05, 4.69) is 0 Å². The molecule has 6 heavy (non-hydrogen) atoms. The predicted molar refractivity (Wildman–Crippen MR) is 15.1 cm³/mol. The van der Waals surface area contributed by atoms with Crippen molar-refractivity contribution in [2.75, 3.05) is 0 Å². The van der Waals surface area contributed by atoms with Gasteiger partial charge in [-0.25, -0.2) is 0 Å². The number of hydrogen-bond donors (Lipinski definition) is 0. The van der Waals surface area contributed by atoms with E-state index < -0.39 is 0 Å². The van der Waals surface area contributed by atoms with Crippen molar-refractivity contribution in [3.8, 4) is 0 Å². The molecule has 0 aliphatic rings. The minimum Gasteiger partial charge on any atom is -2.00 e. The van der Waals surface area contributed by atoms with Gasteiger partial charge in [0, 0.05) is 0 Å². The minimum absolute atomic E-state index is 0. The summed E-state index contributed by atoms with van der Waals surface area (Å²) in [6.07, 6.45) is 0. The fourth-order valence-electron chi connectivity index (χ4n) is 0. The van der Waals surface area contributed by atoms with Gasteiger partial charge < -0.3 is 27.4 Å². The van der Waals surface area contributed by atoms with Crippen molar-refractivity contribution in [1.82, 2.24) is 0 Å². The summed E-state index contributed by atoms with van der Waals surface area (Å²) < 4.78 is 0. The van der Waals surface area contributed by atoms with Gasteiger partial charge in [-0.1, -0.05) is 0 Å². The third-order valence-corrected chi connectivity index (χ3v) is 0. The summed E-state index contributed by atoms with van der Waals surface area (Å²) in [6, 6.07) is 0. The van der Waals surface area contributed by atoms with Crippen LogP contribution in [0.25, 0.3) is 0 Å². The maximum Gasteiger partial charge on any atom is 2.00 e. The van der Waals surface area contributed by atoms with Gasteiger partial charge in [-0.15, -0.1) is 0 Å². The molecule has 5 nitrogen and oxygen atoms in total. The van der Waals surface area contributed by atoms with Gasteiger partial charge in [0.05, 0.1) is 0 Å². The Morgan fingerprint density at radius 3 is 0.500 bits per heavy atom. The van der Waals surface area contributed by atoms with E-state index in [4.69, 9.17) is 0 Å². The monoisotopic (exact) mass is 143 g/mol. The summed E-state index contributed by atoms with van der Waals surface area (Å²) >= 11 is 0. The minimum atomic E-state index is 0. The van der Waals surface area contributed by atoms with E-state index in [9.17, 15) is 0 Å². The molecular weight excluding hydrogens is 135 g/mol. The van der Waals surface area contributed by atoms with E-state index in [0.717, 1.165) is 0 Å². The van der Waals surface area contributed by atoms with Crippen LogP contribution in [0.1, 0.15) is 0 Å². The second kappa shape index (κ2) is 972. The molecule has 0 atom stereocenters. The molecule has 8 N–H and O–H groups in total. The fourth-order valence-corrected chi connectivity index (χ4v) is 0. The van der Waals surface area contributed by atoms with Crippen molar-refractivity contribution >= 4 is 0 Å². The summed E-state index contributed by atoms with van der Waals surface area (Å²) in [5.74, 6) is 0. The van der Waals surface area contributed by atoms with E-state index >= 15 is 0 Å². The molecule has 1 radical (unpaired) electrons. The molecule has 0 amide bonds. The second-order valence-corrected chi connectivity index (χ2v) is 0. The smallest absolute Gasteiger partial charge is 2.00 e. The van der Waals surface area contributed by atoms with Crippen LogP contribution in [0.4, 0.5) is 0 Å². The van der Waals surface area contributed by atoms with Gasteiger partial charge in [0.1, 0.15) is 0 Å². The van der Waals surface area contributed by atoms with E-state index in [-0.39, 0.29) is 44.4 Å². The van der Waals surface area contributed by atoms with E-state index in [1.165, 1.54) is 0 Å². The maximum atomic E-state index is 0. The second-order valence-electron chi connectivity index (χ2n) is 0.